The van der Waals surface area contributed by atoms with Crippen LogP contribution in [0, 0.1) is 0 Å². The summed E-state index contributed by atoms with van der Waals surface area (Å²) in [5.74, 6) is 15.8. The van der Waals surface area contributed by atoms with Gasteiger partial charge in [-0.2, -0.15) is 0 Å². The summed E-state index contributed by atoms with van der Waals surface area (Å²) >= 11 is 0. The van der Waals surface area contributed by atoms with Crippen LogP contribution in [0.4, 0.5) is 22.7 Å². The lowest BCUT2D eigenvalue weighted by atomic mass is 9.99. The molecule has 0 fully saturated rings. The first-order valence-corrected chi connectivity index (χ1v) is 30.8. The number of hydrogen-bond acceptors (Lipinski definition) is 8. The van der Waals surface area contributed by atoms with E-state index in [1.54, 1.807) is 0 Å². The molecule has 3 atom stereocenters. The zero-order valence-electron chi connectivity index (χ0n) is 51.2. The lowest BCUT2D eigenvalue weighted by Crippen LogP contribution is -2.49. The Hall–Kier alpha value is -12.4. The van der Waals surface area contributed by atoms with E-state index in [0.29, 0.717) is 23.0 Å². The van der Waals surface area contributed by atoms with Crippen molar-refractivity contribution in [3.8, 4) is 23.0 Å². The van der Waals surface area contributed by atoms with Crippen molar-refractivity contribution in [2.75, 3.05) is 6.61 Å². The number of aliphatic imine (C=N–C) groups is 4. The molecule has 0 heterocycles. The topological polar surface area (TPSA) is 86.4 Å². The van der Waals surface area contributed by atoms with Crippen LogP contribution in [0.25, 0.3) is 22.3 Å². The van der Waals surface area contributed by atoms with E-state index in [1.807, 2.05) is 298 Å². The number of para-hydroxylation sites is 4. The van der Waals surface area contributed by atoms with Crippen LogP contribution in [-0.2, 0) is 0 Å². The molecule has 8 nitrogen and oxygen atoms in total. The standard InChI is InChI=1S/C85H64N4O4/c1-63(91-77-52-44-69(45-53-77)81(65-28-12-3-13-29-65)59-87-73-36-20-7-21-37-73)85(93-79-56-48-71(49-57-79)83(67-32-16-5-17-33-67)61-89-75-40-24-9-25-41-75)84(92-78-54-46-70(47-55-78)82(66-30-14-4-15-31-66)60-88-74-38-22-8-23-39-74)62-90-76-50-42-68(43-51-76)80(64-26-10-2-11-27-64)58-86-72-34-18-6-19-35-72/h2-57,63,84-85H,62H2,1H3. The first-order valence-electron chi connectivity index (χ1n) is 30.8. The van der Waals surface area contributed by atoms with Crippen LogP contribution in [0.1, 0.15) is 51.4 Å². The van der Waals surface area contributed by atoms with Gasteiger partial charge in [-0.3, -0.25) is 0 Å². The molecule has 0 radical (unpaired) electrons. The lowest BCUT2D eigenvalue weighted by molar-refractivity contribution is -0.0321. The van der Waals surface area contributed by atoms with Gasteiger partial charge < -0.3 is 18.9 Å². The Morgan fingerprint density at radius 2 is 0.484 bits per heavy atom. The second-order valence-corrected chi connectivity index (χ2v) is 21.7. The van der Waals surface area contributed by atoms with Gasteiger partial charge in [-0.25, -0.2) is 20.0 Å². The smallest absolute Gasteiger partial charge is 0.175 e. The van der Waals surface area contributed by atoms with Crippen LogP contribution in [0.15, 0.2) is 360 Å². The van der Waals surface area contributed by atoms with E-state index in [-0.39, 0.29) is 6.61 Å². The van der Waals surface area contributed by atoms with Gasteiger partial charge >= 0.3 is 0 Å². The van der Waals surface area contributed by atoms with E-state index in [2.05, 4.69) is 72.0 Å². The van der Waals surface area contributed by atoms with E-state index < -0.39 is 18.3 Å². The van der Waals surface area contributed by atoms with Crippen molar-refractivity contribution in [3.05, 3.63) is 384 Å². The van der Waals surface area contributed by atoms with E-state index in [1.165, 1.54) is 0 Å². The highest BCUT2D eigenvalue weighted by Gasteiger charge is 2.34. The number of nitrogens with zero attached hydrogens (tertiary/aromatic N) is 4. The molecule has 12 rings (SSSR count). The summed E-state index contributed by atoms with van der Waals surface area (Å²) in [6.45, 7) is 2.05. The fraction of sp³-hybridized carbons (Fsp3) is 0.0588. The van der Waals surface area contributed by atoms with Crippen molar-refractivity contribution < 1.29 is 18.9 Å². The Balaban J connectivity index is 0.916. The lowest BCUT2D eigenvalue weighted by Gasteiger charge is -2.33. The van der Waals surface area contributed by atoms with Gasteiger partial charge in [-0.15, -0.1) is 0 Å². The molecule has 8 heteroatoms. The van der Waals surface area contributed by atoms with Crippen LogP contribution in [0.5, 0.6) is 23.0 Å². The molecule has 0 aromatic heterocycles. The van der Waals surface area contributed by atoms with E-state index in [4.69, 9.17) is 38.9 Å². The molecular weight excluding hydrogens is 1140 g/mol. The normalized spacial score (nSPS) is 11.5. The zero-order valence-corrected chi connectivity index (χ0v) is 51.2. The highest BCUT2D eigenvalue weighted by molar-refractivity contribution is 6.02. The van der Waals surface area contributed by atoms with E-state index >= 15 is 0 Å². The molecule has 93 heavy (non-hydrogen) atoms. The molecule has 0 aliphatic rings. The molecule has 0 spiro atoms. The molecule has 0 aliphatic carbocycles. The molecule has 0 N–H and O–H groups in total. The van der Waals surface area contributed by atoms with Gasteiger partial charge in [-0.1, -0.05) is 194 Å². The van der Waals surface area contributed by atoms with Crippen LogP contribution >= 0.6 is 0 Å². The Morgan fingerprint density at radius 3 is 0.763 bits per heavy atom. The monoisotopic (exact) mass is 1200 g/mol. The molecule has 12 aromatic carbocycles. The number of hydrogen-bond donors (Lipinski definition) is 0. The summed E-state index contributed by atoms with van der Waals surface area (Å²) in [7, 11) is 0. The molecule has 0 saturated heterocycles. The highest BCUT2D eigenvalue weighted by Crippen LogP contribution is 2.32. The largest absolute Gasteiger partial charge is 0.490 e. The van der Waals surface area contributed by atoms with Gasteiger partial charge in [0.1, 0.15) is 35.7 Å². The third kappa shape index (κ3) is 16.9. The molecule has 0 saturated carbocycles. The van der Waals surface area contributed by atoms with Crippen molar-refractivity contribution in [2.45, 2.75) is 25.2 Å². The van der Waals surface area contributed by atoms with Crippen molar-refractivity contribution in [1.82, 2.24) is 0 Å². The Kier molecular flexibility index (Phi) is 20.4. The number of rotatable bonds is 23. The fourth-order valence-electron chi connectivity index (χ4n) is 10.4. The number of ether oxygens (including phenoxy) is 4. The van der Waals surface area contributed by atoms with Gasteiger partial charge in [0.05, 0.1) is 45.0 Å². The third-order valence-corrected chi connectivity index (χ3v) is 15.2. The quantitative estimate of drug-likeness (QED) is 0.0597. The van der Waals surface area contributed by atoms with Gasteiger partial charge in [0.2, 0.25) is 0 Å². The van der Waals surface area contributed by atoms with Gasteiger partial charge in [-0.05, 0) is 221 Å². The SMILES string of the molecule is CC(Oc1ccc(C(=C=Nc2ccccc2)c2ccccc2)cc1)C(Oc1ccc(C(=C=Nc2ccccc2)c2ccccc2)cc1)C(COc1ccc(C(=C=Nc2ccccc2)c2ccccc2)cc1)Oc1ccc(C(=C=Nc2ccccc2)c2ccccc2)cc1. The Bertz CT molecular complexity index is 4620. The fourth-order valence-corrected chi connectivity index (χ4v) is 10.4. The molecule has 448 valence electrons. The summed E-state index contributed by atoms with van der Waals surface area (Å²) in [6.07, 6.45) is -2.22. The summed E-state index contributed by atoms with van der Waals surface area (Å²) in [6, 6.07) is 112. The Morgan fingerprint density at radius 1 is 0.258 bits per heavy atom. The maximum Gasteiger partial charge on any atom is 0.175 e. The zero-order chi connectivity index (χ0) is 63.1. The summed E-state index contributed by atoms with van der Waals surface area (Å²) in [5, 5.41) is 0. The van der Waals surface area contributed by atoms with Gasteiger partial charge in [0, 0.05) is 0 Å². The number of benzene rings is 12. The van der Waals surface area contributed by atoms with Gasteiger partial charge in [0.15, 0.2) is 12.2 Å². The van der Waals surface area contributed by atoms with Crippen molar-refractivity contribution in [2.24, 2.45) is 20.0 Å². The van der Waals surface area contributed by atoms with Crippen molar-refractivity contribution in [3.63, 3.8) is 0 Å². The second-order valence-electron chi connectivity index (χ2n) is 21.7. The highest BCUT2D eigenvalue weighted by atomic mass is 16.6. The second kappa shape index (κ2) is 31.2. The minimum atomic E-state index is -0.796. The van der Waals surface area contributed by atoms with Crippen LogP contribution in [0.2, 0.25) is 0 Å². The first kappa shape index (κ1) is 60.9. The minimum absolute atomic E-state index is 0.0507. The van der Waals surface area contributed by atoms with E-state index in [0.717, 1.165) is 89.5 Å². The molecule has 0 aliphatic heterocycles. The van der Waals surface area contributed by atoms with Crippen molar-refractivity contribution >= 4 is 68.5 Å². The summed E-state index contributed by atoms with van der Waals surface area (Å²) < 4.78 is 28.3. The maximum atomic E-state index is 7.23. The summed E-state index contributed by atoms with van der Waals surface area (Å²) in [5.41, 5.74) is 14.1. The first-order chi connectivity index (χ1) is 46.0. The molecule has 0 bridgehead atoms. The van der Waals surface area contributed by atoms with Crippen molar-refractivity contribution in [1.29, 1.82) is 0 Å². The molecular formula is C85H64N4O4. The predicted molar refractivity (Wildman–Crippen MR) is 380 cm³/mol. The molecule has 12 aromatic rings. The van der Waals surface area contributed by atoms with Gasteiger partial charge in [0.25, 0.3) is 0 Å². The molecule has 0 amide bonds. The predicted octanol–water partition coefficient (Wildman–Crippen LogP) is 20.2. The van der Waals surface area contributed by atoms with Crippen LogP contribution in [0.3, 0.4) is 0 Å². The average molecular weight is 1210 g/mol. The Labute approximate surface area is 543 Å². The molecule has 3 unspecified atom stereocenters. The van der Waals surface area contributed by atoms with Crippen LogP contribution < -0.4 is 18.9 Å². The van der Waals surface area contributed by atoms with E-state index in [9.17, 15) is 0 Å². The minimum Gasteiger partial charge on any atom is -0.490 e. The summed E-state index contributed by atoms with van der Waals surface area (Å²) in [4.78, 5) is 19.0. The van der Waals surface area contributed by atoms with Crippen LogP contribution in [-0.4, -0.2) is 48.4 Å². The third-order valence-electron chi connectivity index (χ3n) is 15.2. The average Bonchev–Trinajstić information content (AvgIpc) is 1.41. The maximum absolute atomic E-state index is 7.23.